The second-order valence-electron chi connectivity index (χ2n) is 5.93. The van der Waals surface area contributed by atoms with Crippen LogP contribution in [-0.4, -0.2) is 41.9 Å². The van der Waals surface area contributed by atoms with Gasteiger partial charge >= 0.3 is 6.01 Å². The number of piperidine rings is 1. The molecule has 25 heavy (non-hydrogen) atoms. The van der Waals surface area contributed by atoms with Gasteiger partial charge in [0.05, 0.1) is 23.8 Å². The molecule has 1 aliphatic rings. The Balaban J connectivity index is 1.71. The number of aromatic nitrogens is 2. The first-order valence-corrected chi connectivity index (χ1v) is 9.66. The first-order chi connectivity index (χ1) is 12.0. The van der Waals surface area contributed by atoms with Gasteiger partial charge in [-0.15, -0.1) is 0 Å². The van der Waals surface area contributed by atoms with Crippen LogP contribution in [0, 0.1) is 5.82 Å². The summed E-state index contributed by atoms with van der Waals surface area (Å²) in [5.41, 5.74) is 1.09. The van der Waals surface area contributed by atoms with Crippen molar-refractivity contribution in [2.24, 2.45) is 0 Å². The Bertz CT molecular complexity index is 810. The van der Waals surface area contributed by atoms with Crippen molar-refractivity contribution in [3.05, 3.63) is 48.0 Å². The van der Waals surface area contributed by atoms with Crippen molar-refractivity contribution in [1.29, 1.82) is 0 Å². The third kappa shape index (κ3) is 4.13. The predicted molar refractivity (Wildman–Crippen MR) is 90.2 cm³/mol. The lowest BCUT2D eigenvalue weighted by Crippen LogP contribution is -2.44. The highest BCUT2D eigenvalue weighted by molar-refractivity contribution is 7.89. The summed E-state index contributed by atoms with van der Waals surface area (Å²) in [7, 11) is -3.57. The van der Waals surface area contributed by atoms with Crippen molar-refractivity contribution in [2.45, 2.75) is 37.2 Å². The van der Waals surface area contributed by atoms with E-state index in [-0.39, 0.29) is 23.6 Å². The second-order valence-corrected chi connectivity index (χ2v) is 7.86. The highest BCUT2D eigenvalue weighted by Gasteiger charge is 2.31. The van der Waals surface area contributed by atoms with Crippen LogP contribution in [-0.2, 0) is 16.4 Å². The van der Waals surface area contributed by atoms with E-state index in [2.05, 4.69) is 9.97 Å². The van der Waals surface area contributed by atoms with Gasteiger partial charge in [-0.05, 0) is 37.0 Å². The predicted octanol–water partition coefficient (Wildman–Crippen LogP) is 2.41. The summed E-state index contributed by atoms with van der Waals surface area (Å²) in [6, 6.07) is 7.00. The molecular formula is C17H20FN3O3S. The minimum atomic E-state index is -3.57. The van der Waals surface area contributed by atoms with E-state index in [1.54, 1.807) is 12.1 Å². The Kier molecular flexibility index (Phi) is 5.29. The molecule has 0 saturated carbocycles. The summed E-state index contributed by atoms with van der Waals surface area (Å²) >= 11 is 0. The van der Waals surface area contributed by atoms with Gasteiger partial charge in [0.25, 0.3) is 0 Å². The molecular weight excluding hydrogens is 345 g/mol. The van der Waals surface area contributed by atoms with Crippen molar-refractivity contribution in [1.82, 2.24) is 14.3 Å². The molecule has 8 heteroatoms. The molecule has 134 valence electrons. The highest BCUT2D eigenvalue weighted by atomic mass is 32.2. The molecule has 0 spiro atoms. The molecule has 2 aromatic rings. The molecule has 1 unspecified atom stereocenters. The van der Waals surface area contributed by atoms with Gasteiger partial charge in [0.2, 0.25) is 10.0 Å². The van der Waals surface area contributed by atoms with Crippen molar-refractivity contribution >= 4 is 10.0 Å². The number of benzene rings is 1. The van der Waals surface area contributed by atoms with Gasteiger partial charge in [-0.1, -0.05) is 19.1 Å². The number of hydrogen-bond acceptors (Lipinski definition) is 5. The number of halogens is 1. The van der Waals surface area contributed by atoms with E-state index in [0.717, 1.165) is 24.4 Å². The molecule has 1 aliphatic heterocycles. The van der Waals surface area contributed by atoms with Gasteiger partial charge in [-0.3, -0.25) is 0 Å². The Morgan fingerprint density at radius 3 is 2.56 bits per heavy atom. The highest BCUT2D eigenvalue weighted by Crippen LogP contribution is 2.23. The molecule has 1 aromatic carbocycles. The molecule has 2 heterocycles. The monoisotopic (exact) mass is 365 g/mol. The molecule has 1 atom stereocenters. The zero-order valence-electron chi connectivity index (χ0n) is 13.9. The van der Waals surface area contributed by atoms with Crippen LogP contribution in [0.1, 0.15) is 25.3 Å². The van der Waals surface area contributed by atoms with E-state index < -0.39 is 15.8 Å². The van der Waals surface area contributed by atoms with Gasteiger partial charge in [0.1, 0.15) is 6.10 Å². The fourth-order valence-corrected chi connectivity index (χ4v) is 4.29. The van der Waals surface area contributed by atoms with Crippen molar-refractivity contribution < 1.29 is 17.5 Å². The summed E-state index contributed by atoms with van der Waals surface area (Å²) in [6.45, 7) is 2.69. The first-order valence-electron chi connectivity index (χ1n) is 8.22. The van der Waals surface area contributed by atoms with Crippen LogP contribution < -0.4 is 4.74 Å². The number of sulfonamides is 1. The van der Waals surface area contributed by atoms with Crippen LogP contribution in [0.5, 0.6) is 6.01 Å². The largest absolute Gasteiger partial charge is 0.459 e. The lowest BCUT2D eigenvalue weighted by Gasteiger charge is -2.31. The number of hydrogen-bond donors (Lipinski definition) is 0. The molecule has 6 nitrogen and oxygen atoms in total. The minimum absolute atomic E-state index is 0.0537. The lowest BCUT2D eigenvalue weighted by atomic mass is 10.1. The molecule has 1 saturated heterocycles. The normalized spacial score (nSPS) is 18.9. The topological polar surface area (TPSA) is 72.4 Å². The van der Waals surface area contributed by atoms with Gasteiger partial charge in [-0.25, -0.2) is 22.8 Å². The van der Waals surface area contributed by atoms with Crippen molar-refractivity contribution in [2.75, 3.05) is 13.1 Å². The SMILES string of the molecule is CCc1ccc(S(=O)(=O)N2CCCC(Oc3ncc(F)cn3)C2)cc1. The average molecular weight is 365 g/mol. The Labute approximate surface area is 146 Å². The van der Waals surface area contributed by atoms with Crippen LogP contribution in [0.4, 0.5) is 4.39 Å². The quantitative estimate of drug-likeness (QED) is 0.814. The second kappa shape index (κ2) is 7.45. The molecule has 1 fully saturated rings. The fraction of sp³-hybridized carbons (Fsp3) is 0.412. The maximum atomic E-state index is 12.9. The summed E-state index contributed by atoms with van der Waals surface area (Å²) in [6.07, 6.45) is 3.92. The Hall–Kier alpha value is -2.06. The van der Waals surface area contributed by atoms with E-state index in [1.165, 1.54) is 4.31 Å². The van der Waals surface area contributed by atoms with Crippen molar-refractivity contribution in [3.8, 4) is 6.01 Å². The average Bonchev–Trinajstić information content (AvgIpc) is 2.64. The molecule has 0 bridgehead atoms. The zero-order valence-corrected chi connectivity index (χ0v) is 14.7. The molecule has 0 N–H and O–H groups in total. The number of rotatable bonds is 5. The van der Waals surface area contributed by atoms with Crippen molar-refractivity contribution in [3.63, 3.8) is 0 Å². The van der Waals surface area contributed by atoms with Crippen LogP contribution in [0.25, 0.3) is 0 Å². The number of ether oxygens (including phenoxy) is 1. The van der Waals surface area contributed by atoms with Gasteiger partial charge in [-0.2, -0.15) is 4.31 Å². The first kappa shape index (κ1) is 17.8. The van der Waals surface area contributed by atoms with E-state index >= 15 is 0 Å². The maximum absolute atomic E-state index is 12.9. The fourth-order valence-electron chi connectivity index (χ4n) is 2.78. The molecule has 0 amide bonds. The smallest absolute Gasteiger partial charge is 0.316 e. The Morgan fingerprint density at radius 2 is 1.92 bits per heavy atom. The Morgan fingerprint density at radius 1 is 1.24 bits per heavy atom. The summed E-state index contributed by atoms with van der Waals surface area (Å²) in [5.74, 6) is -0.546. The van der Waals surface area contributed by atoms with Crippen LogP contribution in [0.2, 0.25) is 0 Å². The third-order valence-electron chi connectivity index (χ3n) is 4.18. The van der Waals surface area contributed by atoms with E-state index in [9.17, 15) is 12.8 Å². The van der Waals surface area contributed by atoms with Gasteiger partial charge in [0, 0.05) is 6.54 Å². The standard InChI is InChI=1S/C17H20FN3O3S/c1-2-13-5-7-16(8-6-13)25(22,23)21-9-3-4-15(12-21)24-17-19-10-14(18)11-20-17/h5-8,10-11,15H,2-4,9,12H2,1H3. The van der Waals surface area contributed by atoms with Crippen LogP contribution >= 0.6 is 0 Å². The maximum Gasteiger partial charge on any atom is 0.316 e. The zero-order chi connectivity index (χ0) is 17.9. The summed E-state index contributed by atoms with van der Waals surface area (Å²) < 4.78 is 45.5. The van der Waals surface area contributed by atoms with Gasteiger partial charge in [0.15, 0.2) is 5.82 Å². The molecule has 3 rings (SSSR count). The van der Waals surface area contributed by atoms with E-state index in [1.807, 2.05) is 19.1 Å². The number of aryl methyl sites for hydroxylation is 1. The summed E-state index contributed by atoms with van der Waals surface area (Å²) in [5, 5.41) is 0. The van der Waals surface area contributed by atoms with E-state index in [4.69, 9.17) is 4.74 Å². The third-order valence-corrected chi connectivity index (χ3v) is 6.06. The molecule has 1 aromatic heterocycles. The van der Waals surface area contributed by atoms with Crippen LogP contribution in [0.3, 0.4) is 0 Å². The summed E-state index contributed by atoms with van der Waals surface area (Å²) in [4.78, 5) is 7.80. The molecule has 0 aliphatic carbocycles. The minimum Gasteiger partial charge on any atom is -0.459 e. The number of nitrogens with zero attached hydrogens (tertiary/aromatic N) is 3. The lowest BCUT2D eigenvalue weighted by molar-refractivity contribution is 0.119. The molecule has 0 radical (unpaired) electrons. The van der Waals surface area contributed by atoms with Gasteiger partial charge < -0.3 is 4.74 Å². The van der Waals surface area contributed by atoms with E-state index in [0.29, 0.717) is 19.4 Å². The van der Waals surface area contributed by atoms with Crippen LogP contribution in [0.15, 0.2) is 41.6 Å².